The first-order valence-corrected chi connectivity index (χ1v) is 7.99. The van der Waals surface area contributed by atoms with Gasteiger partial charge in [0, 0.05) is 40.2 Å². The Morgan fingerprint density at radius 3 is 2.58 bits per heavy atom. The molecule has 1 amide bonds. The van der Waals surface area contributed by atoms with Gasteiger partial charge in [-0.25, -0.2) is 4.68 Å². The Hall–Kier alpha value is -2.34. The second-order valence-corrected chi connectivity index (χ2v) is 6.03. The molecule has 6 nitrogen and oxygen atoms in total. The molecule has 0 bridgehead atoms. The highest BCUT2D eigenvalue weighted by Gasteiger charge is 2.19. The summed E-state index contributed by atoms with van der Waals surface area (Å²) in [4.78, 5) is 13.8. The van der Waals surface area contributed by atoms with Crippen LogP contribution < -0.4 is 10.1 Å². The Kier molecular flexibility index (Phi) is 5.98. The van der Waals surface area contributed by atoms with Crippen molar-refractivity contribution in [1.29, 1.82) is 0 Å². The molecule has 0 saturated carbocycles. The summed E-state index contributed by atoms with van der Waals surface area (Å²) in [5.74, 6) is 0.831. The normalized spacial score (nSPS) is 12.0. The van der Waals surface area contributed by atoms with Crippen LogP contribution in [-0.2, 0) is 18.4 Å². The quantitative estimate of drug-likeness (QED) is 0.844. The van der Waals surface area contributed by atoms with Crippen LogP contribution in [0.3, 0.4) is 0 Å². The van der Waals surface area contributed by atoms with E-state index in [-0.39, 0.29) is 11.9 Å². The minimum absolute atomic E-state index is 0.0644. The Balaban J connectivity index is 2.18. The number of ether oxygens (including phenoxy) is 1. The highest BCUT2D eigenvalue weighted by molar-refractivity contribution is 5.76. The lowest BCUT2D eigenvalue weighted by molar-refractivity contribution is -0.129. The van der Waals surface area contributed by atoms with Crippen molar-refractivity contribution in [2.75, 3.05) is 21.2 Å². The Morgan fingerprint density at radius 1 is 1.33 bits per heavy atom. The highest BCUT2D eigenvalue weighted by atomic mass is 16.5. The molecule has 1 aromatic heterocycles. The van der Waals surface area contributed by atoms with Crippen molar-refractivity contribution in [2.45, 2.75) is 25.9 Å². The molecule has 0 saturated heterocycles. The van der Waals surface area contributed by atoms with Crippen LogP contribution in [0.1, 0.15) is 29.3 Å². The van der Waals surface area contributed by atoms with E-state index in [1.54, 1.807) is 30.8 Å². The van der Waals surface area contributed by atoms with Crippen molar-refractivity contribution in [3.05, 3.63) is 47.2 Å². The van der Waals surface area contributed by atoms with E-state index in [0.717, 1.165) is 22.7 Å². The lowest BCUT2D eigenvalue weighted by Gasteiger charge is -2.21. The minimum Gasteiger partial charge on any atom is -0.481 e. The van der Waals surface area contributed by atoms with E-state index in [1.165, 1.54) is 0 Å². The first-order valence-electron chi connectivity index (χ1n) is 7.99. The highest BCUT2D eigenvalue weighted by Crippen LogP contribution is 2.23. The van der Waals surface area contributed by atoms with Gasteiger partial charge in [0.1, 0.15) is 0 Å². The summed E-state index contributed by atoms with van der Waals surface area (Å²) in [6.45, 7) is 2.55. The monoisotopic (exact) mass is 330 g/mol. The largest absolute Gasteiger partial charge is 0.481 e. The molecule has 2 aromatic rings. The molecular weight excluding hydrogens is 304 g/mol. The SMILES string of the molecule is COc1c(CN[C@H](CC(=O)N(C)C)c2ccccc2)c(C)nn1C. The lowest BCUT2D eigenvalue weighted by atomic mass is 10.0. The topological polar surface area (TPSA) is 59.4 Å². The van der Waals surface area contributed by atoms with Crippen LogP contribution in [0.2, 0.25) is 0 Å². The zero-order valence-electron chi connectivity index (χ0n) is 15.0. The number of rotatable bonds is 7. The minimum atomic E-state index is -0.0644. The van der Waals surface area contributed by atoms with Crippen molar-refractivity contribution in [1.82, 2.24) is 20.0 Å². The van der Waals surface area contributed by atoms with Gasteiger partial charge < -0.3 is 15.0 Å². The van der Waals surface area contributed by atoms with Gasteiger partial charge >= 0.3 is 0 Å². The third-order valence-corrected chi connectivity index (χ3v) is 4.09. The number of aryl methyl sites for hydroxylation is 2. The van der Waals surface area contributed by atoms with Gasteiger partial charge in [-0.15, -0.1) is 0 Å². The van der Waals surface area contributed by atoms with Crippen LogP contribution in [0, 0.1) is 6.92 Å². The number of amides is 1. The molecule has 0 fully saturated rings. The molecule has 24 heavy (non-hydrogen) atoms. The van der Waals surface area contributed by atoms with Gasteiger partial charge in [-0.1, -0.05) is 30.3 Å². The number of nitrogens with one attached hydrogen (secondary N) is 1. The second-order valence-electron chi connectivity index (χ2n) is 6.03. The third kappa shape index (κ3) is 4.14. The van der Waals surface area contributed by atoms with Crippen LogP contribution >= 0.6 is 0 Å². The molecule has 0 aliphatic rings. The molecule has 130 valence electrons. The molecule has 0 spiro atoms. The van der Waals surface area contributed by atoms with Crippen LogP contribution in [0.25, 0.3) is 0 Å². The fraction of sp³-hybridized carbons (Fsp3) is 0.444. The van der Waals surface area contributed by atoms with E-state index in [2.05, 4.69) is 10.4 Å². The molecule has 1 N–H and O–H groups in total. The van der Waals surface area contributed by atoms with E-state index in [4.69, 9.17) is 4.74 Å². The molecule has 1 aromatic carbocycles. The summed E-state index contributed by atoms with van der Waals surface area (Å²) in [5, 5.41) is 7.88. The van der Waals surface area contributed by atoms with Crippen molar-refractivity contribution >= 4 is 5.91 Å². The van der Waals surface area contributed by atoms with E-state index in [9.17, 15) is 4.79 Å². The molecular formula is C18H26N4O2. The van der Waals surface area contributed by atoms with Gasteiger partial charge in [-0.2, -0.15) is 5.10 Å². The molecule has 2 rings (SSSR count). The maximum Gasteiger partial charge on any atom is 0.223 e. The summed E-state index contributed by atoms with van der Waals surface area (Å²) in [6.07, 6.45) is 0.401. The maximum absolute atomic E-state index is 12.2. The number of carbonyl (C=O) groups excluding carboxylic acids is 1. The maximum atomic E-state index is 12.2. The molecule has 0 radical (unpaired) electrons. The summed E-state index contributed by atoms with van der Waals surface area (Å²) >= 11 is 0. The molecule has 1 heterocycles. The number of hydrogen-bond donors (Lipinski definition) is 1. The van der Waals surface area contributed by atoms with Crippen LogP contribution in [0.5, 0.6) is 5.88 Å². The average molecular weight is 330 g/mol. The number of benzene rings is 1. The first kappa shape index (κ1) is 18.0. The van der Waals surface area contributed by atoms with Crippen molar-refractivity contribution in [3.8, 4) is 5.88 Å². The number of nitrogens with zero attached hydrogens (tertiary/aromatic N) is 3. The molecule has 0 aliphatic heterocycles. The average Bonchev–Trinajstić information content (AvgIpc) is 2.84. The second kappa shape index (κ2) is 7.97. The van der Waals surface area contributed by atoms with Crippen LogP contribution in [0.4, 0.5) is 0 Å². The van der Waals surface area contributed by atoms with E-state index < -0.39 is 0 Å². The summed E-state index contributed by atoms with van der Waals surface area (Å²) < 4.78 is 7.17. The standard InChI is InChI=1S/C18H26N4O2/c1-13-15(18(24-5)22(4)20-13)12-19-16(11-17(23)21(2)3)14-9-7-6-8-10-14/h6-10,16,19H,11-12H2,1-5H3/t16-/m1/s1. The Bertz CT molecular complexity index is 680. The predicted molar refractivity (Wildman–Crippen MR) is 93.8 cm³/mol. The van der Waals surface area contributed by atoms with Gasteiger partial charge in [0.15, 0.2) is 0 Å². The van der Waals surface area contributed by atoms with E-state index >= 15 is 0 Å². The number of aromatic nitrogens is 2. The predicted octanol–water partition coefficient (Wildman–Crippen LogP) is 2.05. The molecule has 6 heteroatoms. The molecule has 1 atom stereocenters. The smallest absolute Gasteiger partial charge is 0.223 e. The fourth-order valence-corrected chi connectivity index (χ4v) is 2.72. The van der Waals surface area contributed by atoms with Crippen molar-refractivity contribution < 1.29 is 9.53 Å². The summed E-state index contributed by atoms with van der Waals surface area (Å²) in [5.41, 5.74) is 3.03. The van der Waals surface area contributed by atoms with Crippen molar-refractivity contribution in [2.24, 2.45) is 7.05 Å². The lowest BCUT2D eigenvalue weighted by Crippen LogP contribution is -2.29. The van der Waals surface area contributed by atoms with E-state index in [0.29, 0.717) is 13.0 Å². The van der Waals surface area contributed by atoms with Gasteiger partial charge in [-0.3, -0.25) is 4.79 Å². The Morgan fingerprint density at radius 2 is 2.00 bits per heavy atom. The third-order valence-electron chi connectivity index (χ3n) is 4.09. The molecule has 0 aliphatic carbocycles. The van der Waals surface area contributed by atoms with Gasteiger partial charge in [0.25, 0.3) is 0 Å². The van der Waals surface area contributed by atoms with Gasteiger partial charge in [0.2, 0.25) is 11.8 Å². The van der Waals surface area contributed by atoms with Gasteiger partial charge in [-0.05, 0) is 12.5 Å². The Labute approximate surface area is 143 Å². The van der Waals surface area contributed by atoms with Crippen LogP contribution in [0.15, 0.2) is 30.3 Å². The zero-order valence-corrected chi connectivity index (χ0v) is 15.0. The van der Waals surface area contributed by atoms with E-state index in [1.807, 2.05) is 44.3 Å². The fourth-order valence-electron chi connectivity index (χ4n) is 2.72. The first-order chi connectivity index (χ1) is 11.4. The van der Waals surface area contributed by atoms with Gasteiger partial charge in [0.05, 0.1) is 18.4 Å². The summed E-state index contributed by atoms with van der Waals surface area (Å²) in [6, 6.07) is 9.95. The number of hydrogen-bond acceptors (Lipinski definition) is 4. The summed E-state index contributed by atoms with van der Waals surface area (Å²) in [7, 11) is 7.06. The molecule has 0 unspecified atom stereocenters. The van der Waals surface area contributed by atoms with Crippen molar-refractivity contribution in [3.63, 3.8) is 0 Å². The number of carbonyl (C=O) groups is 1. The number of methoxy groups -OCH3 is 1. The van der Waals surface area contributed by atoms with Crippen LogP contribution in [-0.4, -0.2) is 41.8 Å². The zero-order chi connectivity index (χ0) is 17.7.